The Bertz CT molecular complexity index is 1250. The van der Waals surface area contributed by atoms with E-state index in [-0.39, 0.29) is 11.9 Å². The van der Waals surface area contributed by atoms with Crippen LogP contribution in [0.5, 0.6) is 0 Å². The maximum atomic E-state index is 14.8. The van der Waals surface area contributed by atoms with E-state index in [0.717, 1.165) is 31.2 Å². The molecule has 0 aliphatic carbocycles. The molecule has 1 aromatic heterocycles. The second kappa shape index (κ2) is 6.87. The van der Waals surface area contributed by atoms with Crippen molar-refractivity contribution >= 4 is 54.5 Å². The number of aromatic nitrogens is 2. The smallest absolute Gasteiger partial charge is 0.209 e. The lowest BCUT2D eigenvalue weighted by Gasteiger charge is -2.27. The lowest BCUT2D eigenvalue weighted by Crippen LogP contribution is -2.20. The number of halogens is 3. The number of allylic oxidation sites excluding steroid dienone is 1. The predicted molar refractivity (Wildman–Crippen MR) is 118 cm³/mol. The summed E-state index contributed by atoms with van der Waals surface area (Å²) in [6, 6.07) is 20.6. The molecule has 1 N–H and O–H groups in total. The molecule has 0 spiro atoms. The summed E-state index contributed by atoms with van der Waals surface area (Å²) < 4.78 is 18.7. The van der Waals surface area contributed by atoms with Gasteiger partial charge in [-0.1, -0.05) is 56.1 Å². The molecule has 0 amide bonds. The molecule has 0 radical (unpaired) electrons. The molecule has 0 saturated heterocycles. The third-order valence-electron chi connectivity index (χ3n) is 4.86. The minimum Gasteiger partial charge on any atom is -0.325 e. The Balaban J connectivity index is 1.76. The molecule has 0 bridgehead atoms. The first kappa shape index (κ1) is 17.6. The van der Waals surface area contributed by atoms with Crippen molar-refractivity contribution in [2.24, 2.45) is 0 Å². The van der Waals surface area contributed by atoms with E-state index in [1.54, 1.807) is 6.07 Å². The van der Waals surface area contributed by atoms with E-state index in [0.29, 0.717) is 11.5 Å². The van der Waals surface area contributed by atoms with E-state index in [1.165, 1.54) is 6.07 Å². The summed E-state index contributed by atoms with van der Waals surface area (Å²) in [5.74, 6) is 0.451. The number of benzene rings is 3. The Morgan fingerprint density at radius 3 is 2.61 bits per heavy atom. The maximum absolute atomic E-state index is 14.8. The normalized spacial score (nSPS) is 15.8. The van der Waals surface area contributed by atoms with Crippen molar-refractivity contribution in [3.8, 4) is 0 Å². The van der Waals surface area contributed by atoms with E-state index >= 15 is 0 Å². The Morgan fingerprint density at radius 2 is 1.75 bits per heavy atom. The molecular weight excluding hydrogens is 485 g/mol. The molecule has 28 heavy (non-hydrogen) atoms. The predicted octanol–water partition coefficient (Wildman–Crippen LogP) is 6.76. The van der Waals surface area contributed by atoms with Crippen LogP contribution in [-0.2, 0) is 0 Å². The average Bonchev–Trinajstić information content (AvgIpc) is 3.08. The molecule has 1 aliphatic rings. The first-order chi connectivity index (χ1) is 13.6. The molecule has 3 aromatic carbocycles. The van der Waals surface area contributed by atoms with Crippen molar-refractivity contribution in [1.82, 2.24) is 9.55 Å². The summed E-state index contributed by atoms with van der Waals surface area (Å²) in [7, 11) is 0. The number of fused-ring (bicyclic) bond motifs is 3. The van der Waals surface area contributed by atoms with Crippen molar-refractivity contribution in [2.75, 3.05) is 5.32 Å². The van der Waals surface area contributed by atoms with Gasteiger partial charge in [0.1, 0.15) is 5.82 Å². The highest BCUT2D eigenvalue weighted by Crippen LogP contribution is 2.38. The Kier molecular flexibility index (Phi) is 4.33. The maximum Gasteiger partial charge on any atom is 0.209 e. The van der Waals surface area contributed by atoms with Crippen LogP contribution in [-0.4, -0.2) is 9.55 Å². The van der Waals surface area contributed by atoms with E-state index in [9.17, 15) is 4.39 Å². The van der Waals surface area contributed by atoms with Crippen LogP contribution in [0, 0.1) is 5.82 Å². The Morgan fingerprint density at radius 1 is 0.929 bits per heavy atom. The van der Waals surface area contributed by atoms with Gasteiger partial charge in [0.15, 0.2) is 0 Å². The molecule has 1 aliphatic heterocycles. The van der Waals surface area contributed by atoms with Gasteiger partial charge in [0.2, 0.25) is 5.95 Å². The van der Waals surface area contributed by atoms with E-state index in [1.807, 2.05) is 65.2 Å². The summed E-state index contributed by atoms with van der Waals surface area (Å²) in [5.41, 5.74) is 4.32. The highest BCUT2D eigenvalue weighted by atomic mass is 79.9. The minimum atomic E-state index is -0.324. The fourth-order valence-electron chi connectivity index (χ4n) is 3.60. The van der Waals surface area contributed by atoms with Gasteiger partial charge in [0, 0.05) is 20.2 Å². The Hall–Kier alpha value is -2.44. The summed E-state index contributed by atoms with van der Waals surface area (Å²) in [6.07, 6.45) is 2.05. The summed E-state index contributed by atoms with van der Waals surface area (Å²) in [4.78, 5) is 4.74. The van der Waals surface area contributed by atoms with Gasteiger partial charge in [-0.05, 0) is 54.1 Å². The zero-order valence-electron chi connectivity index (χ0n) is 14.5. The van der Waals surface area contributed by atoms with Gasteiger partial charge in [0.05, 0.1) is 17.1 Å². The lowest BCUT2D eigenvalue weighted by atomic mass is 10.0. The van der Waals surface area contributed by atoms with Gasteiger partial charge in [-0.25, -0.2) is 9.37 Å². The second-order valence-corrected chi connectivity index (χ2v) is 8.45. The highest BCUT2D eigenvalue weighted by molar-refractivity contribution is 9.10. The van der Waals surface area contributed by atoms with Crippen LogP contribution in [0.2, 0.25) is 0 Å². The molecule has 138 valence electrons. The number of imidazole rings is 1. The molecule has 2 heterocycles. The van der Waals surface area contributed by atoms with Crippen LogP contribution in [0.25, 0.3) is 16.7 Å². The molecule has 4 aromatic rings. The Labute approximate surface area is 178 Å². The van der Waals surface area contributed by atoms with Gasteiger partial charge in [-0.2, -0.15) is 0 Å². The summed E-state index contributed by atoms with van der Waals surface area (Å²) in [6.45, 7) is 0. The van der Waals surface area contributed by atoms with Crippen molar-refractivity contribution in [1.29, 1.82) is 0 Å². The third-order valence-corrected chi connectivity index (χ3v) is 5.84. The minimum absolute atomic E-state index is 0.247. The van der Waals surface area contributed by atoms with Gasteiger partial charge in [-0.3, -0.25) is 4.57 Å². The van der Waals surface area contributed by atoms with Gasteiger partial charge in [-0.15, -0.1) is 0 Å². The molecule has 1 atom stereocenters. The first-order valence-electron chi connectivity index (χ1n) is 8.77. The topological polar surface area (TPSA) is 29.9 Å². The highest BCUT2D eigenvalue weighted by Gasteiger charge is 2.27. The van der Waals surface area contributed by atoms with Crippen LogP contribution in [0.4, 0.5) is 10.3 Å². The first-order valence-corrected chi connectivity index (χ1v) is 10.4. The number of nitrogens with one attached hydrogen (secondary N) is 1. The number of para-hydroxylation sites is 2. The molecule has 0 saturated carbocycles. The number of hydrogen-bond donors (Lipinski definition) is 1. The van der Waals surface area contributed by atoms with Crippen molar-refractivity contribution in [3.63, 3.8) is 0 Å². The quantitative estimate of drug-likeness (QED) is 0.331. The van der Waals surface area contributed by atoms with Crippen molar-refractivity contribution in [3.05, 3.63) is 98.7 Å². The third kappa shape index (κ3) is 2.97. The zero-order chi connectivity index (χ0) is 19.3. The van der Waals surface area contributed by atoms with Gasteiger partial charge >= 0.3 is 0 Å². The second-order valence-electron chi connectivity index (χ2n) is 6.62. The summed E-state index contributed by atoms with van der Waals surface area (Å²) in [5, 5.41) is 3.42. The number of anilines is 1. The fourth-order valence-corrected chi connectivity index (χ4v) is 4.38. The number of hydrogen-bond acceptors (Lipinski definition) is 2. The summed E-state index contributed by atoms with van der Waals surface area (Å²) >= 11 is 7.01. The van der Waals surface area contributed by atoms with E-state index < -0.39 is 0 Å². The molecule has 0 fully saturated rings. The molecule has 0 unspecified atom stereocenters. The zero-order valence-corrected chi connectivity index (χ0v) is 17.7. The molecular formula is C22H14Br2FN3. The van der Waals surface area contributed by atoms with Crippen molar-refractivity contribution in [2.45, 2.75) is 6.04 Å². The van der Waals surface area contributed by atoms with E-state index in [4.69, 9.17) is 4.98 Å². The molecule has 6 heteroatoms. The number of rotatable bonds is 2. The monoisotopic (exact) mass is 497 g/mol. The SMILES string of the molecule is Fc1ccc(Br)cc1[C@H]1C=C(c2cccc(Br)c2)Nc2nc3ccccc3n21. The fraction of sp³-hybridized carbons (Fsp3) is 0.0455. The number of nitrogens with zero attached hydrogens (tertiary/aromatic N) is 2. The van der Waals surface area contributed by atoms with Crippen LogP contribution < -0.4 is 5.32 Å². The van der Waals surface area contributed by atoms with E-state index in [2.05, 4.69) is 37.2 Å². The standard InChI is InChI=1S/C22H14Br2FN3/c23-14-5-3-4-13(10-14)19-12-21(16-11-15(24)8-9-17(16)25)28-20-7-2-1-6-18(20)26-22(28)27-19/h1-12,21H,(H,26,27)/t21-/m1/s1. The molecule has 3 nitrogen and oxygen atoms in total. The molecule has 5 rings (SSSR count). The van der Waals surface area contributed by atoms with Gasteiger partial charge < -0.3 is 5.32 Å². The van der Waals surface area contributed by atoms with Crippen LogP contribution in [0.3, 0.4) is 0 Å². The van der Waals surface area contributed by atoms with Crippen LogP contribution in [0.15, 0.2) is 81.8 Å². The van der Waals surface area contributed by atoms with Gasteiger partial charge in [0.25, 0.3) is 0 Å². The van der Waals surface area contributed by atoms with Crippen molar-refractivity contribution < 1.29 is 4.39 Å². The average molecular weight is 499 g/mol. The van der Waals surface area contributed by atoms with Crippen LogP contribution >= 0.6 is 31.9 Å². The lowest BCUT2D eigenvalue weighted by molar-refractivity contribution is 0.583. The largest absolute Gasteiger partial charge is 0.325 e. The van der Waals surface area contributed by atoms with Crippen LogP contribution in [0.1, 0.15) is 17.2 Å².